The largest absolute Gasteiger partial charge is 0.467 e. The maximum atomic E-state index is 11.6. The highest BCUT2D eigenvalue weighted by Crippen LogP contribution is 2.17. The minimum atomic E-state index is -1.73. The Bertz CT molecular complexity index is 271. The van der Waals surface area contributed by atoms with Crippen LogP contribution < -0.4 is 5.32 Å². The van der Waals surface area contributed by atoms with E-state index in [0.717, 1.165) is 14.2 Å². The summed E-state index contributed by atoms with van der Waals surface area (Å²) in [5.41, 5.74) is -1.73. The monoisotopic (exact) mass is 231 g/mol. The summed E-state index contributed by atoms with van der Waals surface area (Å²) in [6.45, 7) is 3.00. The quantitative estimate of drug-likeness (QED) is 0.532. The number of amides is 1. The number of methoxy groups -OCH3 is 2. The van der Waals surface area contributed by atoms with Crippen LogP contribution in [0.1, 0.15) is 26.7 Å². The Balaban J connectivity index is 5.28. The fourth-order valence-corrected chi connectivity index (χ4v) is 1.48. The van der Waals surface area contributed by atoms with Gasteiger partial charge in [-0.1, -0.05) is 13.3 Å². The van der Waals surface area contributed by atoms with Crippen LogP contribution in [0.5, 0.6) is 0 Å². The Kier molecular flexibility index (Phi) is 5.49. The lowest BCUT2D eigenvalue weighted by Gasteiger charge is -2.28. The number of carbonyl (C=O) groups is 3. The number of hydrogen-bond acceptors (Lipinski definition) is 5. The van der Waals surface area contributed by atoms with Crippen molar-refractivity contribution in [3.8, 4) is 0 Å². The summed E-state index contributed by atoms with van der Waals surface area (Å²) in [6.07, 6.45) is 0.649. The molecule has 0 saturated carbocycles. The molecule has 0 radical (unpaired) electrons. The molecule has 0 bridgehead atoms. The van der Waals surface area contributed by atoms with Gasteiger partial charge in [0.1, 0.15) is 0 Å². The van der Waals surface area contributed by atoms with Crippen molar-refractivity contribution in [1.29, 1.82) is 0 Å². The fourth-order valence-electron chi connectivity index (χ4n) is 1.48. The first kappa shape index (κ1) is 14.4. The number of esters is 2. The van der Waals surface area contributed by atoms with E-state index in [0.29, 0.717) is 6.42 Å². The summed E-state index contributed by atoms with van der Waals surface area (Å²) in [7, 11) is 2.30. The van der Waals surface area contributed by atoms with Crippen LogP contribution in [-0.4, -0.2) is 37.6 Å². The second-order valence-corrected chi connectivity index (χ2v) is 3.32. The summed E-state index contributed by atoms with van der Waals surface area (Å²) in [5.74, 6) is -2.14. The van der Waals surface area contributed by atoms with Crippen molar-refractivity contribution in [3.05, 3.63) is 0 Å². The average molecular weight is 231 g/mol. The summed E-state index contributed by atoms with van der Waals surface area (Å²) in [6, 6.07) is 0. The van der Waals surface area contributed by atoms with Gasteiger partial charge in [0, 0.05) is 6.92 Å². The third-order valence-corrected chi connectivity index (χ3v) is 2.08. The molecule has 0 aliphatic rings. The SMILES string of the molecule is CCCC(NC(C)=O)(C(=O)OC)C(=O)OC. The maximum Gasteiger partial charge on any atom is 0.343 e. The Hall–Kier alpha value is -1.59. The zero-order chi connectivity index (χ0) is 12.8. The molecule has 16 heavy (non-hydrogen) atoms. The summed E-state index contributed by atoms with van der Waals surface area (Å²) < 4.78 is 9.08. The fraction of sp³-hybridized carbons (Fsp3) is 0.700. The third kappa shape index (κ3) is 2.95. The van der Waals surface area contributed by atoms with E-state index in [1.807, 2.05) is 0 Å². The van der Waals surface area contributed by atoms with E-state index >= 15 is 0 Å². The standard InChI is InChI=1S/C10H17NO5/c1-5-6-10(8(13)15-3,9(14)16-4)11-7(2)12/h5-6H2,1-4H3,(H,11,12). The van der Waals surface area contributed by atoms with Crippen molar-refractivity contribution in [2.75, 3.05) is 14.2 Å². The molecule has 0 unspecified atom stereocenters. The van der Waals surface area contributed by atoms with Gasteiger partial charge < -0.3 is 14.8 Å². The zero-order valence-corrected chi connectivity index (χ0v) is 9.96. The molecular weight excluding hydrogens is 214 g/mol. The van der Waals surface area contributed by atoms with Gasteiger partial charge in [-0.05, 0) is 6.42 Å². The van der Waals surface area contributed by atoms with Gasteiger partial charge in [-0.15, -0.1) is 0 Å². The molecule has 92 valence electrons. The number of ether oxygens (including phenoxy) is 2. The van der Waals surface area contributed by atoms with Gasteiger partial charge in [-0.25, -0.2) is 9.59 Å². The Morgan fingerprint density at radius 3 is 1.81 bits per heavy atom. The third-order valence-electron chi connectivity index (χ3n) is 2.08. The minimum absolute atomic E-state index is 0.131. The van der Waals surface area contributed by atoms with Gasteiger partial charge >= 0.3 is 11.9 Å². The first-order chi connectivity index (χ1) is 7.44. The number of nitrogens with one attached hydrogen (secondary N) is 1. The van der Waals surface area contributed by atoms with E-state index in [4.69, 9.17) is 0 Å². The van der Waals surface area contributed by atoms with Crippen LogP contribution in [-0.2, 0) is 23.9 Å². The molecule has 1 amide bonds. The van der Waals surface area contributed by atoms with Gasteiger partial charge in [0.05, 0.1) is 14.2 Å². The van der Waals surface area contributed by atoms with E-state index in [2.05, 4.69) is 14.8 Å². The molecule has 6 nitrogen and oxygen atoms in total. The molecule has 0 aromatic heterocycles. The first-order valence-corrected chi connectivity index (χ1v) is 4.90. The van der Waals surface area contributed by atoms with Crippen molar-refractivity contribution in [2.45, 2.75) is 32.2 Å². The van der Waals surface area contributed by atoms with Crippen LogP contribution in [0, 0.1) is 0 Å². The van der Waals surface area contributed by atoms with Crippen molar-refractivity contribution in [2.24, 2.45) is 0 Å². The molecule has 0 rings (SSSR count). The maximum absolute atomic E-state index is 11.6. The van der Waals surface area contributed by atoms with Crippen molar-refractivity contribution >= 4 is 17.8 Å². The highest BCUT2D eigenvalue weighted by molar-refractivity contribution is 6.07. The van der Waals surface area contributed by atoms with Gasteiger partial charge in [-0.2, -0.15) is 0 Å². The Morgan fingerprint density at radius 1 is 1.12 bits per heavy atom. The molecule has 0 aliphatic carbocycles. The van der Waals surface area contributed by atoms with E-state index < -0.39 is 23.4 Å². The van der Waals surface area contributed by atoms with Gasteiger partial charge in [0.15, 0.2) is 0 Å². The van der Waals surface area contributed by atoms with E-state index in [-0.39, 0.29) is 6.42 Å². The lowest BCUT2D eigenvalue weighted by molar-refractivity contribution is -0.165. The lowest BCUT2D eigenvalue weighted by Crippen LogP contribution is -2.60. The Morgan fingerprint density at radius 2 is 1.56 bits per heavy atom. The molecule has 0 fully saturated rings. The molecule has 1 N–H and O–H groups in total. The Labute approximate surface area is 94.3 Å². The van der Waals surface area contributed by atoms with Crippen LogP contribution in [0.2, 0.25) is 0 Å². The van der Waals surface area contributed by atoms with Crippen molar-refractivity contribution in [1.82, 2.24) is 5.32 Å². The lowest BCUT2D eigenvalue weighted by atomic mass is 9.93. The molecule has 0 aromatic rings. The van der Waals surface area contributed by atoms with E-state index in [1.165, 1.54) is 6.92 Å². The number of hydrogen-bond donors (Lipinski definition) is 1. The normalized spacial score (nSPS) is 10.5. The molecule has 0 heterocycles. The molecule has 0 aliphatic heterocycles. The molecule has 0 saturated heterocycles. The molecule has 0 spiro atoms. The minimum Gasteiger partial charge on any atom is -0.467 e. The van der Waals surface area contributed by atoms with Crippen LogP contribution in [0.4, 0.5) is 0 Å². The zero-order valence-electron chi connectivity index (χ0n) is 9.96. The predicted molar refractivity (Wildman–Crippen MR) is 55.5 cm³/mol. The van der Waals surface area contributed by atoms with E-state index in [9.17, 15) is 14.4 Å². The number of carbonyl (C=O) groups excluding carboxylic acids is 3. The van der Waals surface area contributed by atoms with Gasteiger partial charge in [0.2, 0.25) is 11.4 Å². The highest BCUT2D eigenvalue weighted by Gasteiger charge is 2.48. The second-order valence-electron chi connectivity index (χ2n) is 3.32. The molecular formula is C10H17NO5. The van der Waals surface area contributed by atoms with Gasteiger partial charge in [0.25, 0.3) is 0 Å². The van der Waals surface area contributed by atoms with Crippen molar-refractivity contribution in [3.63, 3.8) is 0 Å². The van der Waals surface area contributed by atoms with Crippen LogP contribution >= 0.6 is 0 Å². The number of rotatable bonds is 5. The van der Waals surface area contributed by atoms with Crippen molar-refractivity contribution < 1.29 is 23.9 Å². The molecule has 6 heteroatoms. The average Bonchev–Trinajstić information content (AvgIpc) is 2.25. The van der Waals surface area contributed by atoms with Crippen LogP contribution in [0.3, 0.4) is 0 Å². The van der Waals surface area contributed by atoms with Gasteiger partial charge in [-0.3, -0.25) is 4.79 Å². The summed E-state index contributed by atoms with van der Waals surface area (Å²) >= 11 is 0. The molecule has 0 aromatic carbocycles. The van der Waals surface area contributed by atoms with Crippen LogP contribution in [0.15, 0.2) is 0 Å². The van der Waals surface area contributed by atoms with Crippen LogP contribution in [0.25, 0.3) is 0 Å². The summed E-state index contributed by atoms with van der Waals surface area (Å²) in [4.78, 5) is 34.3. The van der Waals surface area contributed by atoms with E-state index in [1.54, 1.807) is 6.92 Å². The first-order valence-electron chi connectivity index (χ1n) is 4.90. The second kappa shape index (κ2) is 6.09. The smallest absolute Gasteiger partial charge is 0.343 e. The molecule has 0 atom stereocenters. The summed E-state index contributed by atoms with van der Waals surface area (Å²) in [5, 5.41) is 2.31. The topological polar surface area (TPSA) is 81.7 Å². The highest BCUT2D eigenvalue weighted by atomic mass is 16.5. The predicted octanol–water partition coefficient (Wildman–Crippen LogP) is 0.00740.